The summed E-state index contributed by atoms with van der Waals surface area (Å²) in [5.41, 5.74) is 0. The number of ether oxygens (including phenoxy) is 2. The van der Waals surface area contributed by atoms with Gasteiger partial charge < -0.3 is 19.7 Å². The van der Waals surface area contributed by atoms with Crippen molar-refractivity contribution in [3.05, 3.63) is 0 Å². The van der Waals surface area contributed by atoms with Gasteiger partial charge in [-0.15, -0.1) is 0 Å². The van der Waals surface area contributed by atoms with Crippen LogP contribution >= 0.6 is 0 Å². The van der Waals surface area contributed by atoms with Crippen molar-refractivity contribution in [1.29, 1.82) is 0 Å². The number of carboxylic acid groups (broad SMARTS) is 2. The third kappa shape index (κ3) is 18.3. The van der Waals surface area contributed by atoms with Crippen LogP contribution in [0.1, 0.15) is 39.5 Å². The molecular formula is C12H20O8. The van der Waals surface area contributed by atoms with Crippen molar-refractivity contribution < 1.29 is 38.9 Å². The van der Waals surface area contributed by atoms with Crippen LogP contribution in [0, 0.1) is 0 Å². The van der Waals surface area contributed by atoms with Crippen LogP contribution in [0.5, 0.6) is 0 Å². The van der Waals surface area contributed by atoms with Gasteiger partial charge in [-0.1, -0.05) is 0 Å². The first-order valence-electron chi connectivity index (χ1n) is 6.08. The molecule has 116 valence electrons. The van der Waals surface area contributed by atoms with Gasteiger partial charge in [-0.2, -0.15) is 0 Å². The van der Waals surface area contributed by atoms with Crippen molar-refractivity contribution in [3.63, 3.8) is 0 Å². The van der Waals surface area contributed by atoms with Crippen LogP contribution in [0.25, 0.3) is 0 Å². The highest BCUT2D eigenvalue weighted by atomic mass is 16.5. The Bertz CT molecular complexity index is 291. The molecule has 0 heterocycles. The lowest BCUT2D eigenvalue weighted by atomic mass is 10.3. The number of carbonyl (C=O) groups is 4. The summed E-state index contributed by atoms with van der Waals surface area (Å²) in [6, 6.07) is 0. The van der Waals surface area contributed by atoms with Gasteiger partial charge in [0.2, 0.25) is 0 Å². The second-order valence-electron chi connectivity index (χ2n) is 3.40. The molecule has 0 unspecified atom stereocenters. The summed E-state index contributed by atoms with van der Waals surface area (Å²) in [4.78, 5) is 40.7. The SMILES string of the molecule is CCOC(=O)CCC(=O)O.CCOC(=O)CCC(=O)O. The Hall–Kier alpha value is -2.12. The third-order valence-electron chi connectivity index (χ3n) is 1.70. The molecule has 0 bridgehead atoms. The highest BCUT2D eigenvalue weighted by Crippen LogP contribution is 1.92. The van der Waals surface area contributed by atoms with Crippen molar-refractivity contribution in [2.24, 2.45) is 0 Å². The normalized spacial score (nSPS) is 8.90. The quantitative estimate of drug-likeness (QED) is 0.629. The van der Waals surface area contributed by atoms with Gasteiger partial charge in [0.1, 0.15) is 0 Å². The Morgan fingerprint density at radius 1 is 0.700 bits per heavy atom. The maximum atomic E-state index is 10.5. The van der Waals surface area contributed by atoms with Crippen LogP contribution in [0.3, 0.4) is 0 Å². The highest BCUT2D eigenvalue weighted by molar-refractivity contribution is 5.76. The zero-order valence-corrected chi connectivity index (χ0v) is 11.6. The van der Waals surface area contributed by atoms with E-state index < -0.39 is 23.9 Å². The lowest BCUT2D eigenvalue weighted by Gasteiger charge is -1.97. The molecule has 0 saturated carbocycles. The predicted molar refractivity (Wildman–Crippen MR) is 67.0 cm³/mol. The predicted octanol–water partition coefficient (Wildman–Crippen LogP) is 0.829. The lowest BCUT2D eigenvalue weighted by molar-refractivity contribution is -0.147. The second-order valence-corrected chi connectivity index (χ2v) is 3.40. The molecular weight excluding hydrogens is 272 g/mol. The smallest absolute Gasteiger partial charge is 0.306 e. The first kappa shape index (κ1) is 20.2. The van der Waals surface area contributed by atoms with E-state index in [1.807, 2.05) is 0 Å². The van der Waals surface area contributed by atoms with Crippen LogP contribution in [0.4, 0.5) is 0 Å². The van der Waals surface area contributed by atoms with Gasteiger partial charge in [0.25, 0.3) is 0 Å². The minimum Gasteiger partial charge on any atom is -0.481 e. The molecule has 20 heavy (non-hydrogen) atoms. The fourth-order valence-electron chi connectivity index (χ4n) is 0.884. The Morgan fingerprint density at radius 3 is 1.20 bits per heavy atom. The highest BCUT2D eigenvalue weighted by Gasteiger charge is 2.04. The molecule has 0 atom stereocenters. The Labute approximate surface area is 116 Å². The fourth-order valence-corrected chi connectivity index (χ4v) is 0.884. The summed E-state index contributed by atoms with van der Waals surface area (Å²) in [5, 5.41) is 16.2. The van der Waals surface area contributed by atoms with E-state index >= 15 is 0 Å². The Balaban J connectivity index is 0. The van der Waals surface area contributed by atoms with Gasteiger partial charge in [0.05, 0.1) is 38.9 Å². The van der Waals surface area contributed by atoms with Crippen LogP contribution in [0.15, 0.2) is 0 Å². The van der Waals surface area contributed by atoms with Gasteiger partial charge in [-0.25, -0.2) is 0 Å². The molecule has 0 aromatic carbocycles. The molecule has 8 heteroatoms. The van der Waals surface area contributed by atoms with Crippen molar-refractivity contribution in [2.75, 3.05) is 13.2 Å². The first-order chi connectivity index (χ1) is 9.33. The molecule has 2 N–H and O–H groups in total. The van der Waals surface area contributed by atoms with Crippen molar-refractivity contribution in [2.45, 2.75) is 39.5 Å². The average molecular weight is 292 g/mol. The van der Waals surface area contributed by atoms with Crippen LogP contribution in [-0.4, -0.2) is 47.3 Å². The van der Waals surface area contributed by atoms with Crippen molar-refractivity contribution >= 4 is 23.9 Å². The molecule has 0 radical (unpaired) electrons. The number of aliphatic carboxylic acids is 2. The van der Waals surface area contributed by atoms with E-state index in [9.17, 15) is 19.2 Å². The van der Waals surface area contributed by atoms with E-state index in [0.717, 1.165) is 0 Å². The molecule has 0 aliphatic carbocycles. The Morgan fingerprint density at radius 2 is 1.00 bits per heavy atom. The molecule has 0 aliphatic rings. The van der Waals surface area contributed by atoms with Gasteiger partial charge in [0.15, 0.2) is 0 Å². The van der Waals surface area contributed by atoms with E-state index in [1.54, 1.807) is 13.8 Å². The van der Waals surface area contributed by atoms with E-state index in [1.165, 1.54) is 0 Å². The number of carbonyl (C=O) groups excluding carboxylic acids is 2. The van der Waals surface area contributed by atoms with Gasteiger partial charge in [-0.05, 0) is 13.8 Å². The molecule has 0 spiro atoms. The van der Waals surface area contributed by atoms with Crippen molar-refractivity contribution in [3.8, 4) is 0 Å². The van der Waals surface area contributed by atoms with Crippen molar-refractivity contribution in [1.82, 2.24) is 0 Å². The summed E-state index contributed by atoms with van der Waals surface area (Å²) in [6.07, 6.45) is -0.385. The van der Waals surface area contributed by atoms with E-state index in [2.05, 4.69) is 9.47 Å². The van der Waals surface area contributed by atoms with Crippen LogP contribution < -0.4 is 0 Å². The second kappa shape index (κ2) is 13.3. The number of carboxylic acids is 2. The van der Waals surface area contributed by atoms with E-state index in [-0.39, 0.29) is 25.7 Å². The molecule has 0 amide bonds. The maximum absolute atomic E-state index is 10.5. The Kier molecular flexibility index (Phi) is 13.4. The number of rotatable bonds is 8. The third-order valence-corrected chi connectivity index (χ3v) is 1.70. The molecule has 0 fully saturated rings. The van der Waals surface area contributed by atoms with Gasteiger partial charge >= 0.3 is 23.9 Å². The maximum Gasteiger partial charge on any atom is 0.306 e. The monoisotopic (exact) mass is 292 g/mol. The minimum absolute atomic E-state index is 0.0385. The number of esters is 2. The standard InChI is InChI=1S/2C6H10O4/c2*1-2-10-6(9)4-3-5(7)8/h2*2-4H2,1H3,(H,7,8). The average Bonchev–Trinajstić information content (AvgIpc) is 2.35. The molecule has 8 nitrogen and oxygen atoms in total. The molecule has 0 aromatic heterocycles. The molecule has 0 aromatic rings. The van der Waals surface area contributed by atoms with Crippen LogP contribution in [-0.2, 0) is 28.7 Å². The first-order valence-corrected chi connectivity index (χ1v) is 6.08. The largest absolute Gasteiger partial charge is 0.481 e. The number of hydrogen-bond acceptors (Lipinski definition) is 6. The topological polar surface area (TPSA) is 127 Å². The zero-order valence-electron chi connectivity index (χ0n) is 11.6. The van der Waals surface area contributed by atoms with E-state index in [0.29, 0.717) is 13.2 Å². The number of hydrogen-bond donors (Lipinski definition) is 2. The molecule has 0 rings (SSSR count). The van der Waals surface area contributed by atoms with Gasteiger partial charge in [0, 0.05) is 0 Å². The van der Waals surface area contributed by atoms with E-state index in [4.69, 9.17) is 10.2 Å². The summed E-state index contributed by atoms with van der Waals surface area (Å²) in [5.74, 6) is -2.86. The zero-order chi connectivity index (χ0) is 16.0. The summed E-state index contributed by atoms with van der Waals surface area (Å²) in [7, 11) is 0. The van der Waals surface area contributed by atoms with Gasteiger partial charge in [-0.3, -0.25) is 19.2 Å². The summed E-state index contributed by atoms with van der Waals surface area (Å²) >= 11 is 0. The lowest BCUT2D eigenvalue weighted by Crippen LogP contribution is -2.06. The molecule has 0 aliphatic heterocycles. The summed E-state index contributed by atoms with van der Waals surface area (Å²) in [6.45, 7) is 3.97. The molecule has 0 saturated heterocycles. The van der Waals surface area contributed by atoms with Crippen LogP contribution in [0.2, 0.25) is 0 Å². The minimum atomic E-state index is -0.979. The fraction of sp³-hybridized carbons (Fsp3) is 0.667. The summed E-state index contributed by atoms with van der Waals surface area (Å²) < 4.78 is 8.98.